The van der Waals surface area contributed by atoms with Crippen molar-refractivity contribution < 1.29 is 9.59 Å². The van der Waals surface area contributed by atoms with Crippen LogP contribution >= 0.6 is 24.0 Å². The summed E-state index contributed by atoms with van der Waals surface area (Å²) >= 11 is 0. The molecule has 2 N–H and O–H groups in total. The maximum Gasteiger partial charge on any atom is 0.233 e. The summed E-state index contributed by atoms with van der Waals surface area (Å²) in [7, 11) is 5.65. The Bertz CT molecular complexity index is 857. The molecule has 3 aliphatic rings. The Kier molecular flexibility index (Phi) is 7.55. The Hall–Kier alpha value is -2.17. The summed E-state index contributed by atoms with van der Waals surface area (Å²) in [5.74, 6) is 1.97. The van der Waals surface area contributed by atoms with E-state index in [9.17, 15) is 9.59 Å². The normalized spacial score (nSPS) is 26.2. The Labute approximate surface area is 200 Å². The number of anilines is 1. The van der Waals surface area contributed by atoms with Crippen LogP contribution < -0.4 is 15.5 Å². The summed E-state index contributed by atoms with van der Waals surface area (Å²) in [5, 5.41) is 6.55. The first-order valence-corrected chi connectivity index (χ1v) is 10.6. The number of imide groups is 1. The van der Waals surface area contributed by atoms with Gasteiger partial charge in [0.05, 0.1) is 11.8 Å². The van der Waals surface area contributed by atoms with Gasteiger partial charge in [0.1, 0.15) is 5.82 Å². The summed E-state index contributed by atoms with van der Waals surface area (Å²) in [6.07, 6.45) is 7.71. The molecule has 0 spiro atoms. The lowest BCUT2D eigenvalue weighted by Crippen LogP contribution is -2.39. The van der Waals surface area contributed by atoms with E-state index in [0.29, 0.717) is 32.0 Å². The SMILES string of the molecule is CN=C(NCCCN1C(=O)C2C3C=CC(C3)C2C1=O)NCc1ccnc(N(C)C)c1.I. The number of aromatic nitrogens is 1. The van der Waals surface area contributed by atoms with Crippen LogP contribution in [-0.4, -0.2) is 61.9 Å². The molecule has 2 fully saturated rings. The minimum Gasteiger partial charge on any atom is -0.363 e. The van der Waals surface area contributed by atoms with E-state index in [1.54, 1.807) is 13.2 Å². The van der Waals surface area contributed by atoms with Crippen LogP contribution in [-0.2, 0) is 16.1 Å². The van der Waals surface area contributed by atoms with E-state index in [1.165, 1.54) is 4.90 Å². The molecule has 9 heteroatoms. The number of amides is 2. The number of rotatable bonds is 7. The summed E-state index contributed by atoms with van der Waals surface area (Å²) < 4.78 is 0. The Balaban J connectivity index is 0.00000272. The molecule has 2 heterocycles. The van der Waals surface area contributed by atoms with Gasteiger partial charge in [-0.2, -0.15) is 0 Å². The minimum absolute atomic E-state index is 0. The lowest BCUT2D eigenvalue weighted by atomic mass is 9.85. The van der Waals surface area contributed by atoms with Gasteiger partial charge >= 0.3 is 0 Å². The molecule has 4 unspecified atom stereocenters. The van der Waals surface area contributed by atoms with E-state index in [1.807, 2.05) is 31.1 Å². The first-order valence-electron chi connectivity index (χ1n) is 10.6. The second-order valence-corrected chi connectivity index (χ2v) is 8.45. The van der Waals surface area contributed by atoms with Crippen molar-refractivity contribution in [2.75, 3.05) is 39.1 Å². The lowest BCUT2D eigenvalue weighted by Gasteiger charge is -2.18. The summed E-state index contributed by atoms with van der Waals surface area (Å²) in [6, 6.07) is 4.00. The number of halogens is 1. The number of nitrogens with one attached hydrogen (secondary N) is 2. The molecule has 2 aliphatic carbocycles. The molecule has 1 aliphatic heterocycles. The van der Waals surface area contributed by atoms with Crippen molar-refractivity contribution >= 4 is 47.6 Å². The highest BCUT2D eigenvalue weighted by Crippen LogP contribution is 2.52. The highest BCUT2D eigenvalue weighted by molar-refractivity contribution is 14.0. The fraction of sp³-hybridized carbons (Fsp3) is 0.545. The standard InChI is InChI=1S/C22H30N6O2.HI/c1-23-22(26-13-14-7-9-24-17(11-14)27(2)3)25-8-4-10-28-20(29)18-15-5-6-16(12-15)19(18)21(28)30;/h5-7,9,11,15-16,18-19H,4,8,10,12-13H2,1-3H3,(H2,23,25,26);1H. The highest BCUT2D eigenvalue weighted by atomic mass is 127. The third-order valence-electron chi connectivity index (χ3n) is 6.36. The molecule has 8 nitrogen and oxygen atoms in total. The number of carbonyl (C=O) groups is 2. The summed E-state index contributed by atoms with van der Waals surface area (Å²) in [4.78, 5) is 37.4. The Morgan fingerprint density at radius 3 is 2.48 bits per heavy atom. The van der Waals surface area contributed by atoms with E-state index < -0.39 is 0 Å². The number of hydrogen-bond acceptors (Lipinski definition) is 5. The van der Waals surface area contributed by atoms with Crippen molar-refractivity contribution in [2.24, 2.45) is 28.7 Å². The second kappa shape index (κ2) is 9.97. The van der Waals surface area contributed by atoms with Crippen molar-refractivity contribution in [3.05, 3.63) is 36.0 Å². The highest BCUT2D eigenvalue weighted by Gasteiger charge is 2.58. The second-order valence-electron chi connectivity index (χ2n) is 8.45. The molecule has 1 aromatic rings. The maximum absolute atomic E-state index is 12.7. The molecule has 2 amide bonds. The van der Waals surface area contributed by atoms with E-state index in [2.05, 4.69) is 32.8 Å². The molecule has 0 aromatic carbocycles. The van der Waals surface area contributed by atoms with Gasteiger partial charge in [-0.05, 0) is 42.4 Å². The van der Waals surface area contributed by atoms with Crippen LogP contribution in [0.1, 0.15) is 18.4 Å². The molecular formula is C22H31IN6O2. The molecule has 1 saturated carbocycles. The van der Waals surface area contributed by atoms with Gasteiger partial charge in [0.25, 0.3) is 0 Å². The number of nitrogens with zero attached hydrogens (tertiary/aromatic N) is 4. The lowest BCUT2D eigenvalue weighted by molar-refractivity contribution is -0.140. The molecule has 4 atom stereocenters. The zero-order valence-electron chi connectivity index (χ0n) is 18.2. The van der Waals surface area contributed by atoms with Crippen LogP contribution in [0, 0.1) is 23.7 Å². The minimum atomic E-state index is -0.109. The zero-order chi connectivity index (χ0) is 21.3. The van der Waals surface area contributed by atoms with Gasteiger partial charge in [0.15, 0.2) is 5.96 Å². The number of fused-ring (bicyclic) bond motifs is 5. The molecule has 31 heavy (non-hydrogen) atoms. The van der Waals surface area contributed by atoms with Crippen molar-refractivity contribution in [3.63, 3.8) is 0 Å². The van der Waals surface area contributed by atoms with E-state index in [-0.39, 0.29) is 59.5 Å². The molecule has 1 aromatic heterocycles. The molecule has 4 rings (SSSR count). The first kappa shape index (κ1) is 23.5. The number of hydrogen-bond donors (Lipinski definition) is 2. The van der Waals surface area contributed by atoms with E-state index >= 15 is 0 Å². The summed E-state index contributed by atoms with van der Waals surface area (Å²) in [5.41, 5.74) is 1.11. The van der Waals surface area contributed by atoms with Gasteiger partial charge in [-0.15, -0.1) is 24.0 Å². The molecule has 1 saturated heterocycles. The average molecular weight is 538 g/mol. The smallest absolute Gasteiger partial charge is 0.233 e. The maximum atomic E-state index is 12.7. The molecule has 2 bridgehead atoms. The van der Waals surface area contributed by atoms with Crippen molar-refractivity contribution in [1.82, 2.24) is 20.5 Å². The van der Waals surface area contributed by atoms with Crippen LogP contribution in [0.15, 0.2) is 35.5 Å². The largest absolute Gasteiger partial charge is 0.363 e. The van der Waals surface area contributed by atoms with Crippen molar-refractivity contribution in [2.45, 2.75) is 19.4 Å². The van der Waals surface area contributed by atoms with Crippen molar-refractivity contribution in [1.29, 1.82) is 0 Å². The predicted molar refractivity (Wildman–Crippen MR) is 131 cm³/mol. The van der Waals surface area contributed by atoms with Crippen LogP contribution in [0.5, 0.6) is 0 Å². The third kappa shape index (κ3) is 4.70. The predicted octanol–water partition coefficient (Wildman–Crippen LogP) is 1.63. The number of likely N-dealkylation sites (tertiary alicyclic amines) is 1. The van der Waals surface area contributed by atoms with E-state index in [4.69, 9.17) is 0 Å². The Morgan fingerprint density at radius 1 is 1.19 bits per heavy atom. The van der Waals surface area contributed by atoms with Crippen LogP contribution in [0.25, 0.3) is 0 Å². The monoisotopic (exact) mass is 538 g/mol. The van der Waals surface area contributed by atoms with Gasteiger partial charge in [-0.1, -0.05) is 12.2 Å². The van der Waals surface area contributed by atoms with Crippen molar-refractivity contribution in [3.8, 4) is 0 Å². The fourth-order valence-corrected chi connectivity index (χ4v) is 4.85. The molecular weight excluding hydrogens is 507 g/mol. The van der Waals surface area contributed by atoms with Gasteiger partial charge < -0.3 is 15.5 Å². The van der Waals surface area contributed by atoms with Crippen LogP contribution in [0.2, 0.25) is 0 Å². The third-order valence-corrected chi connectivity index (χ3v) is 6.36. The van der Waals surface area contributed by atoms with Gasteiger partial charge in [0, 0.05) is 47.0 Å². The number of aliphatic imine (C=N–C) groups is 1. The number of allylic oxidation sites excluding steroid dienone is 2. The van der Waals surface area contributed by atoms with Crippen LogP contribution in [0.3, 0.4) is 0 Å². The quantitative estimate of drug-likeness (QED) is 0.137. The summed E-state index contributed by atoms with van der Waals surface area (Å²) in [6.45, 7) is 1.73. The van der Waals surface area contributed by atoms with Gasteiger partial charge in [-0.25, -0.2) is 4.98 Å². The Morgan fingerprint density at radius 2 is 1.87 bits per heavy atom. The number of carbonyl (C=O) groups excluding carboxylic acids is 2. The first-order chi connectivity index (χ1) is 14.5. The van der Waals surface area contributed by atoms with Gasteiger partial charge in [0.2, 0.25) is 11.8 Å². The number of pyridine rings is 1. The molecule has 168 valence electrons. The van der Waals surface area contributed by atoms with Gasteiger partial charge in [-0.3, -0.25) is 19.5 Å². The topological polar surface area (TPSA) is 89.9 Å². The average Bonchev–Trinajstić information content (AvgIpc) is 3.42. The van der Waals surface area contributed by atoms with E-state index in [0.717, 1.165) is 17.8 Å². The zero-order valence-corrected chi connectivity index (χ0v) is 20.6. The molecule has 0 radical (unpaired) electrons. The van der Waals surface area contributed by atoms with Crippen LogP contribution in [0.4, 0.5) is 5.82 Å². The fourth-order valence-electron chi connectivity index (χ4n) is 4.85. The number of guanidine groups is 1.